The quantitative estimate of drug-likeness (QED) is 0.793. The second kappa shape index (κ2) is 7.95. The Kier molecular flexibility index (Phi) is 5.92. The van der Waals surface area contributed by atoms with Crippen LogP contribution in [0.4, 0.5) is 8.78 Å². The molecule has 0 aliphatic heterocycles. The minimum absolute atomic E-state index is 0.185. The maximum absolute atomic E-state index is 13.0. The Morgan fingerprint density at radius 1 is 1.04 bits per heavy atom. The van der Waals surface area contributed by atoms with Gasteiger partial charge in [0.25, 0.3) is 5.91 Å². The first-order chi connectivity index (χ1) is 12.2. The van der Waals surface area contributed by atoms with Gasteiger partial charge in [-0.2, -0.15) is 0 Å². The van der Waals surface area contributed by atoms with E-state index >= 15 is 0 Å². The highest BCUT2D eigenvalue weighted by atomic mass is 19.1. The maximum atomic E-state index is 13.0. The van der Waals surface area contributed by atoms with Gasteiger partial charge in [0.05, 0.1) is 5.92 Å². The van der Waals surface area contributed by atoms with Gasteiger partial charge in [0.1, 0.15) is 17.4 Å². The number of nitrogens with one attached hydrogen (secondary N) is 1. The normalized spacial score (nSPS) is 12.3. The van der Waals surface area contributed by atoms with Crippen LogP contribution in [-0.4, -0.2) is 29.1 Å². The number of amides is 1. The first-order valence-electron chi connectivity index (χ1n) is 7.90. The molecule has 1 atom stereocenters. The molecular weight excluding hydrogens is 344 g/mol. The van der Waals surface area contributed by atoms with Crippen molar-refractivity contribution in [1.82, 2.24) is 5.32 Å². The van der Waals surface area contributed by atoms with Crippen LogP contribution in [0.2, 0.25) is 0 Å². The zero-order valence-corrected chi connectivity index (χ0v) is 14.3. The molecule has 0 aromatic heterocycles. The largest absolute Gasteiger partial charge is 0.481 e. The van der Waals surface area contributed by atoms with Crippen LogP contribution in [0, 0.1) is 11.6 Å². The van der Waals surface area contributed by atoms with E-state index < -0.39 is 35.0 Å². The molecule has 0 radical (unpaired) electrons. The van der Waals surface area contributed by atoms with Crippen molar-refractivity contribution in [1.29, 1.82) is 0 Å². The molecule has 1 unspecified atom stereocenters. The average Bonchev–Trinajstić information content (AvgIpc) is 2.58. The Bertz CT molecular complexity index is 773. The molecule has 2 N–H and O–H groups in total. The smallest absolute Gasteiger partial charge is 0.312 e. The molecule has 0 bridgehead atoms. The zero-order valence-electron chi connectivity index (χ0n) is 14.3. The van der Waals surface area contributed by atoms with Crippen molar-refractivity contribution in [2.75, 3.05) is 6.54 Å². The molecule has 0 saturated heterocycles. The van der Waals surface area contributed by atoms with Crippen LogP contribution in [0.25, 0.3) is 0 Å². The van der Waals surface area contributed by atoms with E-state index in [-0.39, 0.29) is 6.54 Å². The molecule has 7 heteroatoms. The number of rotatable bonds is 7. The summed E-state index contributed by atoms with van der Waals surface area (Å²) in [5, 5.41) is 11.9. The van der Waals surface area contributed by atoms with Gasteiger partial charge in [0.2, 0.25) is 0 Å². The van der Waals surface area contributed by atoms with Gasteiger partial charge < -0.3 is 15.2 Å². The first-order valence-corrected chi connectivity index (χ1v) is 7.90. The predicted molar refractivity (Wildman–Crippen MR) is 90.9 cm³/mol. The van der Waals surface area contributed by atoms with E-state index in [1.165, 1.54) is 50.2 Å². The molecule has 138 valence electrons. The molecule has 2 rings (SSSR count). The standard InChI is InChI=1S/C19H19F2NO4/c1-19(2,26-15-9-7-14(21)8-10-15)18(25)22-11-16(17(23)24)12-3-5-13(20)6-4-12/h3-10,16H,11H2,1-2H3,(H,22,25)(H,23,24). The maximum Gasteiger partial charge on any atom is 0.312 e. The fourth-order valence-corrected chi connectivity index (χ4v) is 2.29. The average molecular weight is 363 g/mol. The van der Waals surface area contributed by atoms with Crippen molar-refractivity contribution < 1.29 is 28.2 Å². The second-order valence-corrected chi connectivity index (χ2v) is 6.22. The van der Waals surface area contributed by atoms with Crippen LogP contribution in [0.1, 0.15) is 25.3 Å². The Hall–Kier alpha value is -2.96. The van der Waals surface area contributed by atoms with Crippen LogP contribution < -0.4 is 10.1 Å². The summed E-state index contributed by atoms with van der Waals surface area (Å²) in [4.78, 5) is 23.8. The van der Waals surface area contributed by atoms with Gasteiger partial charge in [-0.15, -0.1) is 0 Å². The number of halogens is 2. The number of carboxylic acids is 1. The van der Waals surface area contributed by atoms with E-state index in [9.17, 15) is 23.5 Å². The van der Waals surface area contributed by atoms with Crippen molar-refractivity contribution in [3.05, 3.63) is 65.7 Å². The van der Waals surface area contributed by atoms with E-state index in [0.717, 1.165) is 12.1 Å². The molecule has 0 heterocycles. The Labute approximate surface area is 149 Å². The van der Waals surface area contributed by atoms with Gasteiger partial charge in [-0.3, -0.25) is 9.59 Å². The van der Waals surface area contributed by atoms with Crippen LogP contribution in [0.3, 0.4) is 0 Å². The fraction of sp³-hybridized carbons (Fsp3) is 0.263. The van der Waals surface area contributed by atoms with Crippen molar-refractivity contribution >= 4 is 11.9 Å². The van der Waals surface area contributed by atoms with E-state index in [4.69, 9.17) is 4.74 Å². The lowest BCUT2D eigenvalue weighted by molar-refractivity contribution is -0.139. The number of hydrogen-bond acceptors (Lipinski definition) is 3. The molecule has 0 aliphatic carbocycles. The topological polar surface area (TPSA) is 75.6 Å². The summed E-state index contributed by atoms with van der Waals surface area (Å²) in [6.45, 7) is 2.84. The summed E-state index contributed by atoms with van der Waals surface area (Å²) in [7, 11) is 0. The fourth-order valence-electron chi connectivity index (χ4n) is 2.29. The summed E-state index contributed by atoms with van der Waals surface area (Å²) in [6.07, 6.45) is 0. The van der Waals surface area contributed by atoms with Crippen LogP contribution in [0.5, 0.6) is 5.75 Å². The van der Waals surface area contributed by atoms with Crippen molar-refractivity contribution in [3.8, 4) is 5.75 Å². The number of carbonyl (C=O) groups is 2. The van der Waals surface area contributed by atoms with E-state index in [1.807, 2.05) is 0 Å². The summed E-state index contributed by atoms with van der Waals surface area (Å²) >= 11 is 0. The minimum Gasteiger partial charge on any atom is -0.481 e. The lowest BCUT2D eigenvalue weighted by Crippen LogP contribution is -2.48. The third-order valence-corrected chi connectivity index (χ3v) is 3.77. The van der Waals surface area contributed by atoms with Gasteiger partial charge in [-0.1, -0.05) is 12.1 Å². The number of carbonyl (C=O) groups excluding carboxylic acids is 1. The molecule has 0 aliphatic rings. The van der Waals surface area contributed by atoms with E-state index in [0.29, 0.717) is 11.3 Å². The number of benzene rings is 2. The number of carboxylic acid groups (broad SMARTS) is 1. The Morgan fingerprint density at radius 2 is 1.54 bits per heavy atom. The minimum atomic E-state index is -1.30. The number of aliphatic carboxylic acids is 1. The van der Waals surface area contributed by atoms with Crippen LogP contribution in [0.15, 0.2) is 48.5 Å². The molecule has 2 aromatic carbocycles. The third-order valence-electron chi connectivity index (χ3n) is 3.77. The van der Waals surface area contributed by atoms with Gasteiger partial charge in [-0.25, -0.2) is 8.78 Å². The molecule has 0 saturated carbocycles. The molecule has 0 spiro atoms. The lowest BCUT2D eigenvalue weighted by atomic mass is 9.98. The van der Waals surface area contributed by atoms with Gasteiger partial charge in [-0.05, 0) is 55.8 Å². The molecular formula is C19H19F2NO4. The second-order valence-electron chi connectivity index (χ2n) is 6.22. The van der Waals surface area contributed by atoms with Gasteiger partial charge in [0, 0.05) is 6.54 Å². The summed E-state index contributed by atoms with van der Waals surface area (Å²) in [5.41, 5.74) is -0.930. The molecule has 2 aromatic rings. The van der Waals surface area contributed by atoms with Crippen molar-refractivity contribution in [2.24, 2.45) is 0 Å². The molecule has 26 heavy (non-hydrogen) atoms. The monoisotopic (exact) mass is 363 g/mol. The first kappa shape index (κ1) is 19.4. The van der Waals surface area contributed by atoms with Gasteiger partial charge in [0.15, 0.2) is 5.60 Å². The highest BCUT2D eigenvalue weighted by Gasteiger charge is 2.31. The van der Waals surface area contributed by atoms with Crippen molar-refractivity contribution in [3.63, 3.8) is 0 Å². The van der Waals surface area contributed by atoms with Crippen LogP contribution in [-0.2, 0) is 9.59 Å². The zero-order chi connectivity index (χ0) is 19.3. The SMILES string of the molecule is CC(C)(Oc1ccc(F)cc1)C(=O)NCC(C(=O)O)c1ccc(F)cc1. The number of hydrogen-bond donors (Lipinski definition) is 2. The number of ether oxygens (including phenoxy) is 1. The highest BCUT2D eigenvalue weighted by Crippen LogP contribution is 2.20. The predicted octanol–water partition coefficient (Wildman–Crippen LogP) is 3.11. The van der Waals surface area contributed by atoms with E-state index in [1.54, 1.807) is 0 Å². The molecule has 1 amide bonds. The van der Waals surface area contributed by atoms with Crippen molar-refractivity contribution in [2.45, 2.75) is 25.4 Å². The van der Waals surface area contributed by atoms with Crippen LogP contribution >= 0.6 is 0 Å². The summed E-state index contributed by atoms with van der Waals surface area (Å²) < 4.78 is 31.5. The third kappa shape index (κ3) is 5.02. The highest BCUT2D eigenvalue weighted by molar-refractivity contribution is 5.85. The molecule has 5 nitrogen and oxygen atoms in total. The lowest BCUT2D eigenvalue weighted by Gasteiger charge is -2.26. The molecule has 0 fully saturated rings. The Morgan fingerprint density at radius 3 is 2.04 bits per heavy atom. The summed E-state index contributed by atoms with van der Waals surface area (Å²) in [5.74, 6) is -3.30. The van der Waals surface area contributed by atoms with E-state index in [2.05, 4.69) is 5.32 Å². The van der Waals surface area contributed by atoms with Gasteiger partial charge >= 0.3 is 5.97 Å². The Balaban J connectivity index is 2.03. The summed E-state index contributed by atoms with van der Waals surface area (Å²) in [6, 6.07) is 10.2.